The molecule has 0 amide bonds. The lowest BCUT2D eigenvalue weighted by Gasteiger charge is -2.08. The Morgan fingerprint density at radius 2 is 2.33 bits per heavy atom. The van der Waals surface area contributed by atoms with Crippen molar-refractivity contribution in [1.29, 1.82) is 0 Å². The summed E-state index contributed by atoms with van der Waals surface area (Å²) in [5.74, 6) is 0.694. The van der Waals surface area contributed by atoms with Gasteiger partial charge in [-0.25, -0.2) is 0 Å². The predicted octanol–water partition coefficient (Wildman–Crippen LogP) is 0.639. The molecule has 2 nitrogen and oxygen atoms in total. The van der Waals surface area contributed by atoms with Gasteiger partial charge in [0.25, 0.3) is 0 Å². The second-order valence-corrected chi connectivity index (χ2v) is 1.67. The molecule has 3 heteroatoms. The number of rotatable bonds is 0. The molecule has 0 saturated carbocycles. The fourth-order valence-corrected chi connectivity index (χ4v) is 0.719. The molecule has 0 aromatic carbocycles. The van der Waals surface area contributed by atoms with Crippen molar-refractivity contribution in [2.24, 2.45) is 0 Å². The van der Waals surface area contributed by atoms with Crippen LogP contribution in [0.1, 0.15) is 0 Å². The number of hydrogen-bond acceptors (Lipinski definition) is 3. The molecule has 0 spiro atoms. The first-order chi connectivity index (χ1) is 3.00. The number of hydrogen-bond donors (Lipinski definition) is 0. The van der Waals surface area contributed by atoms with Gasteiger partial charge in [-0.05, 0) is 0 Å². The molecular weight excluding hydrogens is 100 g/mol. The van der Waals surface area contributed by atoms with Crippen LogP contribution in [0.3, 0.4) is 0 Å². The van der Waals surface area contributed by atoms with E-state index in [-0.39, 0.29) is 0 Å². The molecule has 1 fully saturated rings. The fraction of sp³-hybridized carbons (Fsp3) is 1.00. The zero-order valence-electron chi connectivity index (χ0n) is 3.35. The zero-order valence-corrected chi connectivity index (χ0v) is 4.16. The quantitative estimate of drug-likeness (QED) is 0.422. The molecule has 0 radical (unpaired) electrons. The van der Waals surface area contributed by atoms with E-state index in [1.165, 1.54) is 12.0 Å². The van der Waals surface area contributed by atoms with Crippen molar-refractivity contribution in [3.8, 4) is 0 Å². The van der Waals surface area contributed by atoms with Crippen molar-refractivity contribution in [1.82, 2.24) is 0 Å². The smallest absolute Gasteiger partial charge is 0.118 e. The maximum absolute atomic E-state index is 4.91. The summed E-state index contributed by atoms with van der Waals surface area (Å²) in [5.41, 5.74) is 0. The molecule has 0 bridgehead atoms. The Hall–Kier alpha value is 0.270. The molecule has 36 valence electrons. The summed E-state index contributed by atoms with van der Waals surface area (Å²) >= 11 is 1.37. The summed E-state index contributed by atoms with van der Waals surface area (Å²) in [6.45, 7) is 1.50. The Kier molecular flexibility index (Phi) is 1.80. The van der Waals surface area contributed by atoms with E-state index in [4.69, 9.17) is 8.92 Å². The predicted molar refractivity (Wildman–Crippen MR) is 24.4 cm³/mol. The molecule has 0 unspecified atom stereocenters. The van der Waals surface area contributed by atoms with Crippen molar-refractivity contribution in [3.63, 3.8) is 0 Å². The highest BCUT2D eigenvalue weighted by Gasteiger charge is 1.95. The third kappa shape index (κ3) is 1.16. The third-order valence-corrected chi connectivity index (χ3v) is 1.12. The average molecular weight is 106 g/mol. The second-order valence-electron chi connectivity index (χ2n) is 0.966. The number of ether oxygens (including phenoxy) is 1. The fourth-order valence-electron chi connectivity index (χ4n) is 0.279. The molecule has 1 aliphatic rings. The van der Waals surface area contributed by atoms with E-state index >= 15 is 0 Å². The van der Waals surface area contributed by atoms with Gasteiger partial charge in [0.15, 0.2) is 0 Å². The minimum Gasteiger partial charge on any atom is -0.366 e. The first-order valence-corrected chi connectivity index (χ1v) is 2.73. The highest BCUT2D eigenvalue weighted by Crippen LogP contribution is 2.06. The van der Waals surface area contributed by atoms with Gasteiger partial charge in [0.05, 0.1) is 13.2 Å². The Labute approximate surface area is 41.0 Å². The van der Waals surface area contributed by atoms with Crippen molar-refractivity contribution >= 4 is 12.0 Å². The summed E-state index contributed by atoms with van der Waals surface area (Å²) in [7, 11) is 0. The van der Waals surface area contributed by atoms with E-state index in [9.17, 15) is 0 Å². The Balaban J connectivity index is 2.00. The molecule has 0 aliphatic carbocycles. The van der Waals surface area contributed by atoms with Crippen molar-refractivity contribution in [3.05, 3.63) is 0 Å². The molecule has 0 aromatic rings. The van der Waals surface area contributed by atoms with Gasteiger partial charge >= 0.3 is 0 Å². The minimum absolute atomic E-state index is 0.694. The monoisotopic (exact) mass is 106 g/mol. The molecule has 1 saturated heterocycles. The lowest BCUT2D eigenvalue weighted by atomic mass is 10.8. The van der Waals surface area contributed by atoms with Crippen molar-refractivity contribution < 1.29 is 8.92 Å². The maximum atomic E-state index is 4.91. The van der Waals surface area contributed by atoms with Crippen molar-refractivity contribution in [2.75, 3.05) is 19.2 Å². The summed E-state index contributed by atoms with van der Waals surface area (Å²) in [4.78, 5) is 0. The van der Waals surface area contributed by atoms with E-state index in [0.29, 0.717) is 5.94 Å². The van der Waals surface area contributed by atoms with E-state index < -0.39 is 0 Å². The maximum Gasteiger partial charge on any atom is 0.118 e. The van der Waals surface area contributed by atoms with Crippen LogP contribution in [-0.2, 0) is 8.92 Å². The van der Waals surface area contributed by atoms with E-state index in [1.54, 1.807) is 0 Å². The highest BCUT2D eigenvalue weighted by molar-refractivity contribution is 7.94. The van der Waals surface area contributed by atoms with Crippen LogP contribution in [0.5, 0.6) is 0 Å². The van der Waals surface area contributed by atoms with Crippen molar-refractivity contribution in [2.45, 2.75) is 0 Å². The van der Waals surface area contributed by atoms with E-state index in [0.717, 1.165) is 13.2 Å². The van der Waals surface area contributed by atoms with Gasteiger partial charge in [0.1, 0.15) is 5.94 Å². The van der Waals surface area contributed by atoms with Gasteiger partial charge in [-0.3, -0.25) is 0 Å². The van der Waals surface area contributed by atoms with Gasteiger partial charge in [0.2, 0.25) is 0 Å². The topological polar surface area (TPSA) is 18.5 Å². The standard InChI is InChI=1S/C3H6O2S/c1-2-5-6-3-4-1/h1-3H2. The van der Waals surface area contributed by atoms with Gasteiger partial charge in [-0.2, -0.15) is 0 Å². The molecule has 6 heavy (non-hydrogen) atoms. The second kappa shape index (κ2) is 2.44. The third-order valence-electron chi connectivity index (χ3n) is 0.526. The zero-order chi connectivity index (χ0) is 4.24. The SMILES string of the molecule is C1COSCO1. The summed E-state index contributed by atoms with van der Waals surface area (Å²) in [5, 5.41) is 0. The molecule has 1 rings (SSSR count). The van der Waals surface area contributed by atoms with Crippen LogP contribution in [0.25, 0.3) is 0 Å². The normalized spacial score (nSPS) is 24.0. The summed E-state index contributed by atoms with van der Waals surface area (Å²) in [6, 6.07) is 0. The minimum atomic E-state index is 0.694. The van der Waals surface area contributed by atoms with Crippen LogP contribution < -0.4 is 0 Å². The van der Waals surface area contributed by atoms with E-state index in [2.05, 4.69) is 0 Å². The summed E-state index contributed by atoms with van der Waals surface area (Å²) < 4.78 is 9.77. The molecular formula is C3H6O2S. The average Bonchev–Trinajstić information content (AvgIpc) is 1.72. The Morgan fingerprint density at radius 3 is 2.50 bits per heavy atom. The first kappa shape index (κ1) is 4.43. The molecule has 0 N–H and O–H groups in total. The van der Waals surface area contributed by atoms with Crippen LogP contribution >= 0.6 is 12.0 Å². The van der Waals surface area contributed by atoms with Gasteiger partial charge in [0, 0.05) is 12.0 Å². The lowest BCUT2D eigenvalue weighted by molar-refractivity contribution is 0.116. The molecule has 1 aliphatic heterocycles. The summed E-state index contributed by atoms with van der Waals surface area (Å²) in [6.07, 6.45) is 0. The van der Waals surface area contributed by atoms with Crippen LogP contribution in [0.15, 0.2) is 0 Å². The molecule has 1 heterocycles. The van der Waals surface area contributed by atoms with Gasteiger partial charge in [-0.1, -0.05) is 0 Å². The Bertz CT molecular complexity index is 24.3. The highest BCUT2D eigenvalue weighted by atomic mass is 32.2. The van der Waals surface area contributed by atoms with Gasteiger partial charge in [-0.15, -0.1) is 0 Å². The molecule has 0 atom stereocenters. The van der Waals surface area contributed by atoms with Gasteiger partial charge < -0.3 is 8.92 Å². The molecule has 0 aromatic heterocycles. The van der Waals surface area contributed by atoms with Crippen LogP contribution in [0.4, 0.5) is 0 Å². The lowest BCUT2D eigenvalue weighted by Crippen LogP contribution is -2.06. The largest absolute Gasteiger partial charge is 0.366 e. The first-order valence-electron chi connectivity index (χ1n) is 1.82. The van der Waals surface area contributed by atoms with Crippen LogP contribution in [-0.4, -0.2) is 19.2 Å². The Morgan fingerprint density at radius 1 is 1.33 bits per heavy atom. The van der Waals surface area contributed by atoms with Crippen LogP contribution in [0.2, 0.25) is 0 Å². The van der Waals surface area contributed by atoms with E-state index in [1.807, 2.05) is 0 Å². The van der Waals surface area contributed by atoms with Crippen LogP contribution in [0, 0.1) is 0 Å².